The molecule has 0 rings (SSSR count). The molecule has 0 aliphatic rings. The molecule has 2 N–H and O–H groups in total. The molecule has 0 amide bonds. The van der Waals surface area contributed by atoms with Crippen LogP contribution in [0, 0.1) is 0 Å². The van der Waals surface area contributed by atoms with Gasteiger partial charge in [-0.2, -0.15) is 0 Å². The highest BCUT2D eigenvalue weighted by molar-refractivity contribution is 7.89. The molecule has 0 aliphatic heterocycles. The quantitative estimate of drug-likeness (QED) is 0.614. The van der Waals surface area contributed by atoms with E-state index in [2.05, 4.69) is 16.6 Å². The van der Waals surface area contributed by atoms with Gasteiger partial charge in [0.2, 0.25) is 10.0 Å². The van der Waals surface area contributed by atoms with Gasteiger partial charge in [-0.25, -0.2) is 13.1 Å². The molecule has 0 bridgehead atoms. The highest BCUT2D eigenvalue weighted by Gasteiger charge is 2.11. The van der Waals surface area contributed by atoms with Crippen molar-refractivity contribution in [2.24, 2.45) is 0 Å². The number of sulfonamides is 1. The second kappa shape index (κ2) is 6.16. The molecule has 0 saturated heterocycles. The molecule has 0 radical (unpaired) electrons. The van der Waals surface area contributed by atoms with Gasteiger partial charge in [-0.15, -0.1) is 6.58 Å². The third-order valence-electron chi connectivity index (χ3n) is 1.64. The lowest BCUT2D eigenvalue weighted by Crippen LogP contribution is -2.37. The van der Waals surface area contributed by atoms with Crippen LogP contribution < -0.4 is 10.0 Å². The average molecular weight is 220 g/mol. The maximum atomic E-state index is 11.4. The van der Waals surface area contributed by atoms with E-state index in [-0.39, 0.29) is 11.8 Å². The van der Waals surface area contributed by atoms with E-state index < -0.39 is 10.0 Å². The van der Waals surface area contributed by atoms with Crippen molar-refractivity contribution in [2.45, 2.75) is 32.9 Å². The predicted octanol–water partition coefficient (Wildman–Crippen LogP) is 0.478. The summed E-state index contributed by atoms with van der Waals surface area (Å²) in [5, 5.41) is 3.05. The SMILES string of the molecule is C=CC(C)NS(=O)(=O)CCNC(C)C. The molecule has 1 unspecified atom stereocenters. The Labute approximate surface area is 86.8 Å². The minimum Gasteiger partial charge on any atom is -0.313 e. The summed E-state index contributed by atoms with van der Waals surface area (Å²) in [6, 6.07) is 0.0982. The molecule has 4 nitrogen and oxygen atoms in total. The van der Waals surface area contributed by atoms with Crippen molar-refractivity contribution in [3.63, 3.8) is 0 Å². The molecule has 0 aliphatic carbocycles. The second-order valence-corrected chi connectivity index (χ2v) is 5.44. The van der Waals surface area contributed by atoms with Crippen LogP contribution in [-0.2, 0) is 10.0 Å². The standard InChI is InChI=1S/C9H20N2O2S/c1-5-9(4)11-14(12,13)7-6-10-8(2)3/h5,8-11H,1,6-7H2,2-4H3. The summed E-state index contributed by atoms with van der Waals surface area (Å²) in [6.07, 6.45) is 1.56. The molecule has 0 spiro atoms. The number of hydrogen-bond donors (Lipinski definition) is 2. The van der Waals surface area contributed by atoms with Gasteiger partial charge >= 0.3 is 0 Å². The molecule has 0 fully saturated rings. The lowest BCUT2D eigenvalue weighted by atomic mass is 10.4. The lowest BCUT2D eigenvalue weighted by molar-refractivity contribution is 0.562. The smallest absolute Gasteiger partial charge is 0.213 e. The zero-order valence-electron chi connectivity index (χ0n) is 9.08. The highest BCUT2D eigenvalue weighted by atomic mass is 32.2. The maximum absolute atomic E-state index is 11.4. The first-order valence-electron chi connectivity index (χ1n) is 4.73. The van der Waals surface area contributed by atoms with Gasteiger partial charge in [0.15, 0.2) is 0 Å². The van der Waals surface area contributed by atoms with Gasteiger partial charge in [0, 0.05) is 18.6 Å². The van der Waals surface area contributed by atoms with Crippen molar-refractivity contribution in [2.75, 3.05) is 12.3 Å². The number of rotatable bonds is 7. The summed E-state index contributed by atoms with van der Waals surface area (Å²) in [5.41, 5.74) is 0. The van der Waals surface area contributed by atoms with Gasteiger partial charge in [-0.05, 0) is 6.92 Å². The monoisotopic (exact) mass is 220 g/mol. The van der Waals surface area contributed by atoms with Crippen molar-refractivity contribution in [1.82, 2.24) is 10.0 Å². The van der Waals surface area contributed by atoms with Crippen LogP contribution >= 0.6 is 0 Å². The van der Waals surface area contributed by atoms with Crippen molar-refractivity contribution in [3.8, 4) is 0 Å². The third-order valence-corrected chi connectivity index (χ3v) is 3.11. The van der Waals surface area contributed by atoms with E-state index in [1.54, 1.807) is 13.0 Å². The molecule has 84 valence electrons. The van der Waals surface area contributed by atoms with E-state index in [0.29, 0.717) is 12.6 Å². The van der Waals surface area contributed by atoms with Gasteiger partial charge in [0.05, 0.1) is 5.75 Å². The Kier molecular flexibility index (Phi) is 5.99. The van der Waals surface area contributed by atoms with Crippen LogP contribution in [0.25, 0.3) is 0 Å². The van der Waals surface area contributed by atoms with Crippen molar-refractivity contribution in [3.05, 3.63) is 12.7 Å². The Balaban J connectivity index is 3.90. The van der Waals surface area contributed by atoms with Crippen molar-refractivity contribution < 1.29 is 8.42 Å². The summed E-state index contributed by atoms with van der Waals surface area (Å²) in [5.74, 6) is 0.101. The largest absolute Gasteiger partial charge is 0.313 e. The second-order valence-electron chi connectivity index (χ2n) is 3.57. The fraction of sp³-hybridized carbons (Fsp3) is 0.778. The van der Waals surface area contributed by atoms with E-state index in [0.717, 1.165) is 0 Å². The van der Waals surface area contributed by atoms with Crippen LogP contribution in [0.4, 0.5) is 0 Å². The van der Waals surface area contributed by atoms with Gasteiger partial charge < -0.3 is 5.32 Å². The molecule has 0 saturated carbocycles. The molecule has 0 heterocycles. The first-order valence-corrected chi connectivity index (χ1v) is 6.38. The summed E-state index contributed by atoms with van der Waals surface area (Å²) < 4.78 is 25.3. The summed E-state index contributed by atoms with van der Waals surface area (Å²) in [4.78, 5) is 0. The summed E-state index contributed by atoms with van der Waals surface area (Å²) in [6.45, 7) is 9.69. The molecular weight excluding hydrogens is 200 g/mol. The molecule has 14 heavy (non-hydrogen) atoms. The Morgan fingerprint density at radius 2 is 1.93 bits per heavy atom. The predicted molar refractivity (Wildman–Crippen MR) is 59.7 cm³/mol. The van der Waals surface area contributed by atoms with Gasteiger partial charge in [0.25, 0.3) is 0 Å². The van der Waals surface area contributed by atoms with Crippen molar-refractivity contribution >= 4 is 10.0 Å². The topological polar surface area (TPSA) is 58.2 Å². The van der Waals surface area contributed by atoms with E-state index in [1.807, 2.05) is 13.8 Å². The zero-order valence-corrected chi connectivity index (χ0v) is 9.89. The maximum Gasteiger partial charge on any atom is 0.213 e. The molecule has 0 aromatic heterocycles. The highest BCUT2D eigenvalue weighted by Crippen LogP contribution is 1.89. The lowest BCUT2D eigenvalue weighted by Gasteiger charge is -2.11. The zero-order chi connectivity index (χ0) is 11.2. The fourth-order valence-corrected chi connectivity index (χ4v) is 2.04. The van der Waals surface area contributed by atoms with Crippen LogP contribution in [-0.4, -0.2) is 32.8 Å². The number of hydrogen-bond acceptors (Lipinski definition) is 3. The van der Waals surface area contributed by atoms with Crippen LogP contribution in [0.3, 0.4) is 0 Å². The Morgan fingerprint density at radius 1 is 1.36 bits per heavy atom. The van der Waals surface area contributed by atoms with Gasteiger partial charge in [-0.3, -0.25) is 0 Å². The molecular formula is C9H20N2O2S. The van der Waals surface area contributed by atoms with E-state index in [9.17, 15) is 8.42 Å². The van der Waals surface area contributed by atoms with Gasteiger partial charge in [0.1, 0.15) is 0 Å². The first kappa shape index (κ1) is 13.6. The minimum absolute atomic E-state index is 0.101. The molecule has 0 aromatic rings. The fourth-order valence-electron chi connectivity index (χ4n) is 0.872. The Hall–Kier alpha value is -0.390. The third kappa shape index (κ3) is 7.06. The van der Waals surface area contributed by atoms with Gasteiger partial charge in [-0.1, -0.05) is 19.9 Å². The van der Waals surface area contributed by atoms with Crippen LogP contribution in [0.1, 0.15) is 20.8 Å². The number of nitrogens with one attached hydrogen (secondary N) is 2. The van der Waals surface area contributed by atoms with E-state index >= 15 is 0 Å². The Bertz CT molecular complexity index is 260. The van der Waals surface area contributed by atoms with Crippen LogP contribution in [0.15, 0.2) is 12.7 Å². The molecule has 0 aromatic carbocycles. The Morgan fingerprint density at radius 3 is 2.36 bits per heavy atom. The normalized spacial score (nSPS) is 14.3. The van der Waals surface area contributed by atoms with Crippen molar-refractivity contribution in [1.29, 1.82) is 0 Å². The average Bonchev–Trinajstić information content (AvgIpc) is 2.02. The van der Waals surface area contributed by atoms with E-state index in [1.165, 1.54) is 0 Å². The summed E-state index contributed by atoms with van der Waals surface area (Å²) in [7, 11) is -3.17. The molecule has 5 heteroatoms. The van der Waals surface area contributed by atoms with Crippen LogP contribution in [0.2, 0.25) is 0 Å². The first-order chi connectivity index (χ1) is 6.37. The minimum atomic E-state index is -3.17. The summed E-state index contributed by atoms with van der Waals surface area (Å²) >= 11 is 0. The van der Waals surface area contributed by atoms with Crippen LogP contribution in [0.5, 0.6) is 0 Å². The van der Waals surface area contributed by atoms with E-state index in [4.69, 9.17) is 0 Å². The molecule has 1 atom stereocenters.